The van der Waals surface area contributed by atoms with E-state index < -0.39 is 28.7 Å². The van der Waals surface area contributed by atoms with Crippen LogP contribution in [0.25, 0.3) is 23.1 Å². The van der Waals surface area contributed by atoms with E-state index in [9.17, 15) is 14.4 Å². The fourth-order valence-corrected chi connectivity index (χ4v) is 3.25. The first-order chi connectivity index (χ1) is 16.4. The molecular weight excluding hydrogens is 460 g/mol. The predicted octanol–water partition coefficient (Wildman–Crippen LogP) is 6.42. The van der Waals surface area contributed by atoms with E-state index in [0.717, 1.165) is 10.9 Å². The molecule has 0 aliphatic heterocycles. The third-order valence-corrected chi connectivity index (χ3v) is 4.42. The van der Waals surface area contributed by atoms with Gasteiger partial charge in [-0.15, -0.1) is 0 Å². The van der Waals surface area contributed by atoms with E-state index in [-0.39, 0.29) is 12.4 Å². The lowest BCUT2D eigenvalue weighted by molar-refractivity contribution is -0.155. The summed E-state index contributed by atoms with van der Waals surface area (Å²) < 4.78 is 22.1. The van der Waals surface area contributed by atoms with E-state index in [1.807, 2.05) is 32.9 Å². The average Bonchev–Trinajstić information content (AvgIpc) is 3.02. The monoisotopic (exact) mass is 498 g/mol. The van der Waals surface area contributed by atoms with Crippen LogP contribution in [0.3, 0.4) is 0 Å². The second kappa shape index (κ2) is 11.1. The van der Waals surface area contributed by atoms with Crippen LogP contribution >= 0.6 is 0 Å². The van der Waals surface area contributed by atoms with Gasteiger partial charge in [-0.05, 0) is 92.2 Å². The zero-order chi connectivity index (χ0) is 27.3. The van der Waals surface area contributed by atoms with Crippen molar-refractivity contribution in [1.82, 2.24) is 0 Å². The SMILES string of the molecule is CC(C)(C)OC(=O)/C=C/c1ccc2oc(CCC(=O)OC(C)(C)C)c(/C=C/C(=O)OC(C)(C)C)c2c1. The molecule has 0 radical (unpaired) electrons. The van der Waals surface area contributed by atoms with Crippen molar-refractivity contribution in [3.8, 4) is 0 Å². The van der Waals surface area contributed by atoms with Gasteiger partial charge in [0.15, 0.2) is 0 Å². The van der Waals surface area contributed by atoms with Crippen LogP contribution in [0, 0.1) is 0 Å². The van der Waals surface area contributed by atoms with Crippen molar-refractivity contribution in [3.05, 3.63) is 47.2 Å². The summed E-state index contributed by atoms with van der Waals surface area (Å²) >= 11 is 0. The summed E-state index contributed by atoms with van der Waals surface area (Å²) in [5, 5.41) is 0.736. The third kappa shape index (κ3) is 10.1. The quantitative estimate of drug-likeness (QED) is 0.247. The minimum Gasteiger partial charge on any atom is -0.460 e. The fraction of sp³-hybridized carbons (Fsp3) is 0.483. The Morgan fingerprint density at radius 3 is 1.83 bits per heavy atom. The lowest BCUT2D eigenvalue weighted by Gasteiger charge is -2.19. The van der Waals surface area contributed by atoms with E-state index >= 15 is 0 Å². The molecule has 0 bridgehead atoms. The van der Waals surface area contributed by atoms with Gasteiger partial charge in [0.1, 0.15) is 28.1 Å². The number of ether oxygens (including phenoxy) is 3. The molecule has 196 valence electrons. The number of benzene rings is 1. The second-order valence-electron chi connectivity index (χ2n) is 11.5. The second-order valence-corrected chi connectivity index (χ2v) is 11.5. The minimum atomic E-state index is -0.626. The number of furan rings is 1. The smallest absolute Gasteiger partial charge is 0.331 e. The lowest BCUT2D eigenvalue weighted by Crippen LogP contribution is -2.24. The van der Waals surface area contributed by atoms with Crippen molar-refractivity contribution in [2.24, 2.45) is 0 Å². The predicted molar refractivity (Wildman–Crippen MR) is 140 cm³/mol. The Kier molecular flexibility index (Phi) is 8.94. The van der Waals surface area contributed by atoms with Crippen molar-refractivity contribution in [2.75, 3.05) is 0 Å². The maximum atomic E-state index is 12.3. The van der Waals surface area contributed by atoms with Gasteiger partial charge in [0.25, 0.3) is 0 Å². The summed E-state index contributed by atoms with van der Waals surface area (Å²) in [6.45, 7) is 16.2. The van der Waals surface area contributed by atoms with Crippen molar-refractivity contribution < 1.29 is 33.0 Å². The Morgan fingerprint density at radius 1 is 0.778 bits per heavy atom. The van der Waals surface area contributed by atoms with Crippen LogP contribution in [-0.4, -0.2) is 34.7 Å². The van der Waals surface area contributed by atoms with Crippen LogP contribution in [0.1, 0.15) is 85.6 Å². The number of fused-ring (bicyclic) bond motifs is 1. The van der Waals surface area contributed by atoms with E-state index in [1.165, 1.54) is 12.2 Å². The lowest BCUT2D eigenvalue weighted by atomic mass is 10.0. The topological polar surface area (TPSA) is 92.0 Å². The minimum absolute atomic E-state index is 0.121. The molecule has 2 aromatic rings. The van der Waals surface area contributed by atoms with E-state index in [0.29, 0.717) is 23.3 Å². The van der Waals surface area contributed by atoms with E-state index in [2.05, 4.69) is 0 Å². The van der Waals surface area contributed by atoms with Crippen molar-refractivity contribution in [1.29, 1.82) is 0 Å². The number of rotatable bonds is 7. The highest BCUT2D eigenvalue weighted by atomic mass is 16.6. The first-order valence-electron chi connectivity index (χ1n) is 12.0. The third-order valence-electron chi connectivity index (χ3n) is 4.42. The molecule has 0 fully saturated rings. The van der Waals surface area contributed by atoms with Gasteiger partial charge in [-0.2, -0.15) is 0 Å². The summed E-state index contributed by atoms with van der Waals surface area (Å²) in [6.07, 6.45) is 6.41. The molecule has 7 heteroatoms. The Labute approximate surface area is 213 Å². The molecule has 7 nitrogen and oxygen atoms in total. The Balaban J connectivity index is 2.39. The van der Waals surface area contributed by atoms with Gasteiger partial charge in [0.05, 0.1) is 6.42 Å². The molecule has 0 saturated carbocycles. The Morgan fingerprint density at radius 2 is 1.31 bits per heavy atom. The molecule has 0 amide bonds. The summed E-state index contributed by atoms with van der Waals surface area (Å²) in [7, 11) is 0. The van der Waals surface area contributed by atoms with Gasteiger partial charge in [-0.1, -0.05) is 6.07 Å². The number of carbonyl (C=O) groups excluding carboxylic acids is 3. The largest absolute Gasteiger partial charge is 0.460 e. The molecule has 36 heavy (non-hydrogen) atoms. The Bertz CT molecular complexity index is 1160. The number of hydrogen-bond acceptors (Lipinski definition) is 7. The van der Waals surface area contributed by atoms with Crippen LogP contribution < -0.4 is 0 Å². The summed E-state index contributed by atoms with van der Waals surface area (Å²) in [5.41, 5.74) is 0.205. The summed E-state index contributed by atoms with van der Waals surface area (Å²) in [5.74, 6) is -0.733. The van der Waals surface area contributed by atoms with Crippen molar-refractivity contribution >= 4 is 41.0 Å². The van der Waals surface area contributed by atoms with Gasteiger partial charge in [0.2, 0.25) is 0 Å². The van der Waals surface area contributed by atoms with Gasteiger partial charge >= 0.3 is 17.9 Å². The molecule has 1 heterocycles. The number of esters is 3. The maximum Gasteiger partial charge on any atom is 0.331 e. The van der Waals surface area contributed by atoms with Crippen molar-refractivity contribution in [3.63, 3.8) is 0 Å². The van der Waals surface area contributed by atoms with Crippen LogP contribution in [-0.2, 0) is 35.0 Å². The van der Waals surface area contributed by atoms with Gasteiger partial charge in [-0.25, -0.2) is 9.59 Å². The van der Waals surface area contributed by atoms with Crippen LogP contribution in [0.15, 0.2) is 34.8 Å². The molecule has 2 rings (SSSR count). The van der Waals surface area contributed by atoms with E-state index in [4.69, 9.17) is 18.6 Å². The van der Waals surface area contributed by atoms with E-state index in [1.54, 1.807) is 59.8 Å². The zero-order valence-electron chi connectivity index (χ0n) is 22.8. The molecule has 0 saturated heterocycles. The number of carbonyl (C=O) groups is 3. The molecule has 0 aliphatic rings. The molecule has 0 N–H and O–H groups in total. The van der Waals surface area contributed by atoms with Gasteiger partial charge in [0, 0.05) is 29.5 Å². The molecule has 0 atom stereocenters. The van der Waals surface area contributed by atoms with Crippen LogP contribution in [0.5, 0.6) is 0 Å². The molecule has 1 aromatic carbocycles. The zero-order valence-corrected chi connectivity index (χ0v) is 22.8. The Hall–Kier alpha value is -3.35. The first kappa shape index (κ1) is 28.9. The highest BCUT2D eigenvalue weighted by Gasteiger charge is 2.20. The first-order valence-corrected chi connectivity index (χ1v) is 12.0. The fourth-order valence-electron chi connectivity index (χ4n) is 3.25. The number of hydrogen-bond donors (Lipinski definition) is 0. The van der Waals surface area contributed by atoms with Crippen LogP contribution in [0.2, 0.25) is 0 Å². The number of aryl methyl sites for hydroxylation is 1. The average molecular weight is 499 g/mol. The molecule has 0 aliphatic carbocycles. The molecular formula is C29H38O7. The highest BCUT2D eigenvalue weighted by molar-refractivity contribution is 5.96. The van der Waals surface area contributed by atoms with Crippen molar-refractivity contribution in [2.45, 2.75) is 92.0 Å². The summed E-state index contributed by atoms with van der Waals surface area (Å²) in [6, 6.07) is 5.45. The maximum absolute atomic E-state index is 12.3. The molecule has 0 unspecified atom stereocenters. The highest BCUT2D eigenvalue weighted by Crippen LogP contribution is 2.30. The van der Waals surface area contributed by atoms with Crippen LogP contribution in [0.4, 0.5) is 0 Å². The molecule has 0 spiro atoms. The normalized spacial score (nSPS) is 12.9. The standard InChI is InChI=1S/C29H38O7/c1-27(2,3)34-24(30)15-11-19-10-13-23-21(18-19)20(12-16-25(31)35-28(4,5)6)22(33-23)14-17-26(32)36-29(7,8)9/h10-13,15-16,18H,14,17H2,1-9H3/b15-11+,16-12+. The summed E-state index contributed by atoms with van der Waals surface area (Å²) in [4.78, 5) is 36.7. The van der Waals surface area contributed by atoms with Gasteiger partial charge < -0.3 is 18.6 Å². The van der Waals surface area contributed by atoms with Gasteiger partial charge in [-0.3, -0.25) is 4.79 Å². The molecule has 1 aromatic heterocycles.